The van der Waals surface area contributed by atoms with E-state index >= 15 is 0 Å². The van der Waals surface area contributed by atoms with E-state index in [2.05, 4.69) is 10.6 Å². The third-order valence-electron chi connectivity index (χ3n) is 5.21. The highest BCUT2D eigenvalue weighted by molar-refractivity contribution is 5.94. The van der Waals surface area contributed by atoms with Crippen LogP contribution in [-0.4, -0.2) is 86.7 Å². The van der Waals surface area contributed by atoms with Crippen LogP contribution in [0.25, 0.3) is 0 Å². The molecule has 0 radical (unpaired) electrons. The first-order valence-electron chi connectivity index (χ1n) is 10.6. The van der Waals surface area contributed by atoms with Crippen molar-refractivity contribution in [1.29, 1.82) is 0 Å². The number of likely N-dealkylation sites (tertiary alicyclic amines) is 1. The molecule has 182 valence electrons. The largest absolute Gasteiger partial charge is 0.481 e. The fourth-order valence-electron chi connectivity index (χ4n) is 3.57. The standard InChI is InChI=1S/C20H34N4O8/c1-10(2)9-12(21)19(30)24-8-4-5-14(24)18(29)22-13(6-7-15(26)27)17(28)23-16(11(3)25)20(31)32/h10-14,16,25H,4-9,21H2,1-3H3,(H,22,29)(H,23,28)(H,26,27)(H,31,32)/t11-,12+,13+,14+,16+/m1/s1. The van der Waals surface area contributed by atoms with Gasteiger partial charge in [0.25, 0.3) is 0 Å². The van der Waals surface area contributed by atoms with Gasteiger partial charge in [0.05, 0.1) is 12.1 Å². The predicted molar refractivity (Wildman–Crippen MR) is 112 cm³/mol. The van der Waals surface area contributed by atoms with Crippen molar-refractivity contribution in [3.63, 3.8) is 0 Å². The topological polar surface area (TPSA) is 199 Å². The Morgan fingerprint density at radius 3 is 2.22 bits per heavy atom. The summed E-state index contributed by atoms with van der Waals surface area (Å²) >= 11 is 0. The van der Waals surface area contributed by atoms with E-state index in [1.807, 2.05) is 13.8 Å². The zero-order valence-electron chi connectivity index (χ0n) is 18.6. The van der Waals surface area contributed by atoms with Crippen LogP contribution in [0.3, 0.4) is 0 Å². The van der Waals surface area contributed by atoms with E-state index < -0.39 is 60.4 Å². The van der Waals surface area contributed by atoms with E-state index in [1.165, 1.54) is 11.8 Å². The lowest BCUT2D eigenvalue weighted by molar-refractivity contribution is -0.146. The summed E-state index contributed by atoms with van der Waals surface area (Å²) in [6.45, 7) is 5.35. The maximum Gasteiger partial charge on any atom is 0.328 e. The number of nitrogens with one attached hydrogen (secondary N) is 2. The quantitative estimate of drug-likeness (QED) is 0.204. The molecule has 7 N–H and O–H groups in total. The Balaban J connectivity index is 2.94. The summed E-state index contributed by atoms with van der Waals surface area (Å²) in [5.41, 5.74) is 5.97. The van der Waals surface area contributed by atoms with Gasteiger partial charge < -0.3 is 36.6 Å². The summed E-state index contributed by atoms with van der Waals surface area (Å²) in [5.74, 6) is -4.47. The molecule has 0 aromatic heterocycles. The van der Waals surface area contributed by atoms with Crippen molar-refractivity contribution in [2.24, 2.45) is 11.7 Å². The van der Waals surface area contributed by atoms with Crippen LogP contribution >= 0.6 is 0 Å². The molecule has 0 unspecified atom stereocenters. The summed E-state index contributed by atoms with van der Waals surface area (Å²) in [6.07, 6.45) is -0.816. The summed E-state index contributed by atoms with van der Waals surface area (Å²) in [4.78, 5) is 61.7. The van der Waals surface area contributed by atoms with Crippen molar-refractivity contribution in [2.45, 2.75) is 83.1 Å². The molecule has 32 heavy (non-hydrogen) atoms. The monoisotopic (exact) mass is 458 g/mol. The molecule has 1 saturated heterocycles. The first kappa shape index (κ1) is 27.3. The van der Waals surface area contributed by atoms with E-state index in [0.29, 0.717) is 25.8 Å². The number of aliphatic carboxylic acids is 2. The molecular formula is C20H34N4O8. The van der Waals surface area contributed by atoms with Gasteiger partial charge in [0, 0.05) is 13.0 Å². The lowest BCUT2D eigenvalue weighted by Gasteiger charge is -2.29. The maximum atomic E-state index is 12.9. The van der Waals surface area contributed by atoms with Gasteiger partial charge in [-0.1, -0.05) is 13.8 Å². The molecule has 0 spiro atoms. The molecular weight excluding hydrogens is 424 g/mol. The van der Waals surface area contributed by atoms with Gasteiger partial charge in [-0.2, -0.15) is 0 Å². The minimum Gasteiger partial charge on any atom is -0.481 e. The van der Waals surface area contributed by atoms with Crippen molar-refractivity contribution in [2.75, 3.05) is 6.54 Å². The van der Waals surface area contributed by atoms with Crippen LogP contribution in [0, 0.1) is 5.92 Å². The van der Waals surface area contributed by atoms with Crippen LogP contribution in [0.5, 0.6) is 0 Å². The van der Waals surface area contributed by atoms with E-state index in [9.17, 15) is 29.1 Å². The van der Waals surface area contributed by atoms with Gasteiger partial charge in [-0.25, -0.2) is 4.79 Å². The Kier molecular flexibility index (Phi) is 10.5. The third-order valence-corrected chi connectivity index (χ3v) is 5.21. The highest BCUT2D eigenvalue weighted by Crippen LogP contribution is 2.20. The smallest absolute Gasteiger partial charge is 0.328 e. The number of amides is 3. The highest BCUT2D eigenvalue weighted by atomic mass is 16.4. The summed E-state index contributed by atoms with van der Waals surface area (Å²) in [7, 11) is 0. The second-order valence-electron chi connectivity index (χ2n) is 8.48. The van der Waals surface area contributed by atoms with Gasteiger partial charge in [0.2, 0.25) is 17.7 Å². The van der Waals surface area contributed by atoms with Crippen LogP contribution in [0.4, 0.5) is 0 Å². The fourth-order valence-corrected chi connectivity index (χ4v) is 3.57. The Labute approximate surface area is 186 Å². The van der Waals surface area contributed by atoms with Crippen molar-refractivity contribution >= 4 is 29.7 Å². The van der Waals surface area contributed by atoms with Crippen LogP contribution in [-0.2, 0) is 24.0 Å². The number of hydrogen-bond acceptors (Lipinski definition) is 7. The van der Waals surface area contributed by atoms with E-state index in [-0.39, 0.29) is 18.2 Å². The number of carboxylic acid groups (broad SMARTS) is 2. The minimum absolute atomic E-state index is 0.184. The molecule has 0 aliphatic carbocycles. The summed E-state index contributed by atoms with van der Waals surface area (Å²) < 4.78 is 0. The average Bonchev–Trinajstić information content (AvgIpc) is 3.16. The number of rotatable bonds is 12. The highest BCUT2D eigenvalue weighted by Gasteiger charge is 2.38. The molecule has 0 aromatic carbocycles. The summed E-state index contributed by atoms with van der Waals surface area (Å²) in [6, 6.07) is -4.63. The Morgan fingerprint density at radius 1 is 1.09 bits per heavy atom. The number of nitrogens with zero attached hydrogens (tertiary/aromatic N) is 1. The van der Waals surface area contributed by atoms with E-state index in [4.69, 9.17) is 15.9 Å². The molecule has 0 aromatic rings. The van der Waals surface area contributed by atoms with Crippen molar-refractivity contribution in [1.82, 2.24) is 15.5 Å². The third kappa shape index (κ3) is 8.08. The number of aliphatic hydroxyl groups excluding tert-OH is 1. The number of aliphatic hydroxyl groups is 1. The van der Waals surface area contributed by atoms with Gasteiger partial charge in [0.15, 0.2) is 6.04 Å². The number of nitrogens with two attached hydrogens (primary N) is 1. The Bertz CT molecular complexity index is 712. The number of carboxylic acids is 2. The second-order valence-corrected chi connectivity index (χ2v) is 8.48. The van der Waals surface area contributed by atoms with Crippen LogP contribution in [0.2, 0.25) is 0 Å². The van der Waals surface area contributed by atoms with Gasteiger partial charge >= 0.3 is 11.9 Å². The minimum atomic E-state index is -1.63. The molecule has 1 aliphatic rings. The molecule has 3 amide bonds. The molecule has 1 fully saturated rings. The first-order valence-corrected chi connectivity index (χ1v) is 10.6. The molecule has 0 saturated carbocycles. The molecule has 1 rings (SSSR count). The Morgan fingerprint density at radius 2 is 1.72 bits per heavy atom. The zero-order chi connectivity index (χ0) is 24.6. The maximum absolute atomic E-state index is 12.9. The van der Waals surface area contributed by atoms with E-state index in [1.54, 1.807) is 0 Å². The van der Waals surface area contributed by atoms with Crippen molar-refractivity contribution in [3.8, 4) is 0 Å². The lowest BCUT2D eigenvalue weighted by atomic mass is 10.0. The van der Waals surface area contributed by atoms with Crippen LogP contribution in [0.1, 0.15) is 52.9 Å². The summed E-state index contributed by atoms with van der Waals surface area (Å²) in [5, 5.41) is 32.2. The van der Waals surface area contributed by atoms with Crippen LogP contribution < -0.4 is 16.4 Å². The fraction of sp³-hybridized carbons (Fsp3) is 0.750. The van der Waals surface area contributed by atoms with Gasteiger partial charge in [0.1, 0.15) is 12.1 Å². The van der Waals surface area contributed by atoms with Gasteiger partial charge in [-0.05, 0) is 38.5 Å². The molecule has 12 heteroatoms. The predicted octanol–water partition coefficient (Wildman–Crippen LogP) is -1.35. The second kappa shape index (κ2) is 12.3. The molecule has 0 bridgehead atoms. The van der Waals surface area contributed by atoms with Crippen molar-refractivity contribution in [3.05, 3.63) is 0 Å². The van der Waals surface area contributed by atoms with Crippen LogP contribution in [0.15, 0.2) is 0 Å². The number of hydrogen-bond donors (Lipinski definition) is 6. The van der Waals surface area contributed by atoms with E-state index in [0.717, 1.165) is 0 Å². The Hall–Kier alpha value is -2.73. The molecule has 12 nitrogen and oxygen atoms in total. The number of carbonyl (C=O) groups excluding carboxylic acids is 3. The van der Waals surface area contributed by atoms with Gasteiger partial charge in [-0.15, -0.1) is 0 Å². The number of carbonyl (C=O) groups is 5. The molecule has 5 atom stereocenters. The lowest BCUT2D eigenvalue weighted by Crippen LogP contribution is -2.58. The zero-order valence-corrected chi connectivity index (χ0v) is 18.6. The first-order chi connectivity index (χ1) is 14.8. The average molecular weight is 459 g/mol. The van der Waals surface area contributed by atoms with Crippen molar-refractivity contribution < 1.29 is 39.3 Å². The van der Waals surface area contributed by atoms with Gasteiger partial charge in [-0.3, -0.25) is 19.2 Å². The molecule has 1 heterocycles. The normalized spacial score (nSPS) is 19.7. The SMILES string of the molecule is CC(C)C[C@H](N)C(=O)N1CCC[C@H]1C(=O)N[C@@H](CCC(=O)O)C(=O)N[C@H](C(=O)O)[C@@H](C)O. The molecule has 1 aliphatic heterocycles.